The highest BCUT2D eigenvalue weighted by Crippen LogP contribution is 2.29. The Morgan fingerprint density at radius 2 is 2.17 bits per heavy atom. The Bertz CT molecular complexity index is 805. The molecule has 24 heavy (non-hydrogen) atoms. The minimum Gasteiger partial charge on any atom is -0.386 e. The molecule has 2 aromatic heterocycles. The smallest absolute Gasteiger partial charge is 0.191 e. The van der Waals surface area contributed by atoms with Gasteiger partial charge in [0.25, 0.3) is 0 Å². The fourth-order valence-electron chi connectivity index (χ4n) is 2.43. The second-order valence-electron chi connectivity index (χ2n) is 5.46. The molecule has 1 atom stereocenters. The van der Waals surface area contributed by atoms with Crippen molar-refractivity contribution in [2.24, 2.45) is 12.0 Å². The van der Waals surface area contributed by atoms with Crippen molar-refractivity contribution >= 4 is 27.4 Å². The number of nitrogens with one attached hydrogen (secondary N) is 2. The Morgan fingerprint density at radius 3 is 2.88 bits per heavy atom. The first kappa shape index (κ1) is 16.5. The molecule has 3 rings (SSSR count). The van der Waals surface area contributed by atoms with Crippen LogP contribution in [0, 0.1) is 0 Å². The third kappa shape index (κ3) is 3.74. The second-order valence-corrected chi connectivity index (χ2v) is 6.57. The summed E-state index contributed by atoms with van der Waals surface area (Å²) in [7, 11) is 3.61. The van der Waals surface area contributed by atoms with Crippen molar-refractivity contribution in [1.29, 1.82) is 0 Å². The van der Waals surface area contributed by atoms with Gasteiger partial charge in [0.1, 0.15) is 6.10 Å². The molecule has 0 aliphatic rings. The normalized spacial score (nSPS) is 13.2. The topological polar surface area (TPSA) is 74.5 Å². The number of thiophene rings is 1. The van der Waals surface area contributed by atoms with Gasteiger partial charge in [-0.2, -0.15) is 5.10 Å². The molecular formula is C17H21N5OS. The van der Waals surface area contributed by atoms with Gasteiger partial charge < -0.3 is 15.7 Å². The summed E-state index contributed by atoms with van der Waals surface area (Å²) < 4.78 is 3.00. The number of aliphatic hydroxyl groups excluding tert-OH is 1. The van der Waals surface area contributed by atoms with Gasteiger partial charge in [-0.1, -0.05) is 18.2 Å². The lowest BCUT2D eigenvalue weighted by atomic mass is 10.2. The molecule has 2 heterocycles. The van der Waals surface area contributed by atoms with Gasteiger partial charge in [-0.25, -0.2) is 0 Å². The molecule has 0 aliphatic heterocycles. The number of aliphatic imine (C=N–C) groups is 1. The van der Waals surface area contributed by atoms with E-state index in [0.29, 0.717) is 19.0 Å². The summed E-state index contributed by atoms with van der Waals surface area (Å²) in [5, 5.41) is 22.1. The van der Waals surface area contributed by atoms with Crippen molar-refractivity contribution in [3.8, 4) is 0 Å². The van der Waals surface area contributed by atoms with E-state index >= 15 is 0 Å². The highest BCUT2D eigenvalue weighted by Gasteiger charge is 2.12. The lowest BCUT2D eigenvalue weighted by Crippen LogP contribution is -2.39. The van der Waals surface area contributed by atoms with Gasteiger partial charge in [0, 0.05) is 36.4 Å². The highest BCUT2D eigenvalue weighted by molar-refractivity contribution is 7.19. The molecule has 0 saturated heterocycles. The van der Waals surface area contributed by atoms with Gasteiger partial charge in [-0.05, 0) is 23.6 Å². The molecule has 1 unspecified atom stereocenters. The predicted octanol–water partition coefficient (Wildman–Crippen LogP) is 2.03. The first-order valence-corrected chi connectivity index (χ1v) is 8.57. The number of aliphatic hydroxyl groups is 1. The van der Waals surface area contributed by atoms with Crippen molar-refractivity contribution in [2.75, 3.05) is 13.6 Å². The maximum Gasteiger partial charge on any atom is 0.191 e. The summed E-state index contributed by atoms with van der Waals surface area (Å²) in [5.41, 5.74) is 1.06. The number of nitrogens with zero attached hydrogens (tertiary/aromatic N) is 3. The average Bonchev–Trinajstić information content (AvgIpc) is 3.20. The molecule has 126 valence electrons. The molecule has 0 spiro atoms. The Balaban J connectivity index is 1.55. The monoisotopic (exact) mass is 343 g/mol. The molecule has 1 aromatic carbocycles. The first-order valence-electron chi connectivity index (χ1n) is 7.75. The number of aryl methyl sites for hydroxylation is 1. The van der Waals surface area contributed by atoms with Crippen molar-refractivity contribution in [1.82, 2.24) is 20.4 Å². The lowest BCUT2D eigenvalue weighted by Gasteiger charge is -2.14. The van der Waals surface area contributed by atoms with Crippen LogP contribution in [0.2, 0.25) is 0 Å². The largest absolute Gasteiger partial charge is 0.386 e. The van der Waals surface area contributed by atoms with Crippen molar-refractivity contribution in [3.63, 3.8) is 0 Å². The summed E-state index contributed by atoms with van der Waals surface area (Å²) in [6, 6.07) is 12.1. The minimum absolute atomic E-state index is 0.401. The van der Waals surface area contributed by atoms with Crippen LogP contribution in [0.3, 0.4) is 0 Å². The Labute approximate surface area is 144 Å². The van der Waals surface area contributed by atoms with E-state index in [4.69, 9.17) is 0 Å². The number of rotatable bonds is 5. The zero-order chi connectivity index (χ0) is 16.9. The van der Waals surface area contributed by atoms with Gasteiger partial charge in [0.05, 0.1) is 12.2 Å². The van der Waals surface area contributed by atoms with Crippen LogP contribution in [-0.2, 0) is 13.6 Å². The fraction of sp³-hybridized carbons (Fsp3) is 0.294. The fourth-order valence-corrected chi connectivity index (χ4v) is 3.48. The van der Waals surface area contributed by atoms with Crippen LogP contribution in [0.5, 0.6) is 0 Å². The Kier molecular flexibility index (Phi) is 5.12. The van der Waals surface area contributed by atoms with Crippen molar-refractivity contribution in [2.45, 2.75) is 12.6 Å². The van der Waals surface area contributed by atoms with Crippen molar-refractivity contribution < 1.29 is 5.11 Å². The third-order valence-corrected chi connectivity index (χ3v) is 5.04. The van der Waals surface area contributed by atoms with Crippen molar-refractivity contribution in [3.05, 3.63) is 53.2 Å². The maximum atomic E-state index is 10.4. The summed E-state index contributed by atoms with van der Waals surface area (Å²) in [4.78, 5) is 5.13. The van der Waals surface area contributed by atoms with E-state index in [1.54, 1.807) is 24.6 Å². The molecular weight excluding hydrogens is 322 g/mol. The van der Waals surface area contributed by atoms with Crippen LogP contribution >= 0.6 is 11.3 Å². The first-order chi connectivity index (χ1) is 11.7. The zero-order valence-corrected chi connectivity index (χ0v) is 14.5. The molecule has 0 fully saturated rings. The Morgan fingerprint density at radius 1 is 1.33 bits per heavy atom. The standard InChI is InChI=1S/C17H21N5OS/c1-18-17(19-10-13-7-8-21-22(13)2)20-11-14(23)16-9-12-5-3-4-6-15(12)24-16/h3-9,14,23H,10-11H2,1-2H3,(H2,18,19,20). The van der Waals surface area contributed by atoms with Gasteiger partial charge >= 0.3 is 0 Å². The SMILES string of the molecule is CN=C(NCc1ccnn1C)NCC(O)c1cc2ccccc2s1. The van der Waals surface area contributed by atoms with Crippen LogP contribution in [0.1, 0.15) is 16.7 Å². The van der Waals surface area contributed by atoms with Gasteiger partial charge in [-0.15, -0.1) is 11.3 Å². The number of fused-ring (bicyclic) bond motifs is 1. The Hall–Kier alpha value is -2.38. The number of benzene rings is 1. The van der Waals surface area contributed by atoms with Crippen LogP contribution in [0.4, 0.5) is 0 Å². The third-order valence-electron chi connectivity index (χ3n) is 3.82. The van der Waals surface area contributed by atoms with Gasteiger partial charge in [-0.3, -0.25) is 9.67 Å². The number of hydrogen-bond acceptors (Lipinski definition) is 4. The number of aromatic nitrogens is 2. The summed E-state index contributed by atoms with van der Waals surface area (Å²) >= 11 is 1.62. The van der Waals surface area contributed by atoms with E-state index in [1.165, 1.54) is 4.70 Å². The van der Waals surface area contributed by atoms with Crippen LogP contribution in [-0.4, -0.2) is 34.4 Å². The minimum atomic E-state index is -0.572. The molecule has 3 N–H and O–H groups in total. The molecule has 0 amide bonds. The lowest BCUT2D eigenvalue weighted by molar-refractivity contribution is 0.184. The van der Waals surface area contributed by atoms with E-state index in [1.807, 2.05) is 36.0 Å². The van der Waals surface area contributed by atoms with E-state index in [2.05, 4.69) is 32.9 Å². The van der Waals surface area contributed by atoms with Gasteiger partial charge in [0.2, 0.25) is 0 Å². The molecule has 0 bridgehead atoms. The molecule has 3 aromatic rings. The van der Waals surface area contributed by atoms with E-state index < -0.39 is 6.10 Å². The van der Waals surface area contributed by atoms with E-state index in [0.717, 1.165) is 16.0 Å². The number of hydrogen-bond donors (Lipinski definition) is 3. The zero-order valence-electron chi connectivity index (χ0n) is 13.7. The second kappa shape index (κ2) is 7.46. The summed E-state index contributed by atoms with van der Waals surface area (Å²) in [6.45, 7) is 1.02. The van der Waals surface area contributed by atoms with Gasteiger partial charge in [0.15, 0.2) is 5.96 Å². The quantitative estimate of drug-likeness (QED) is 0.489. The average molecular weight is 343 g/mol. The maximum absolute atomic E-state index is 10.4. The van der Waals surface area contributed by atoms with Crippen LogP contribution in [0.25, 0.3) is 10.1 Å². The predicted molar refractivity (Wildman–Crippen MR) is 98.2 cm³/mol. The van der Waals surface area contributed by atoms with Crippen LogP contribution < -0.4 is 10.6 Å². The summed E-state index contributed by atoms with van der Waals surface area (Å²) in [6.07, 6.45) is 1.19. The molecule has 0 aliphatic carbocycles. The highest BCUT2D eigenvalue weighted by atomic mass is 32.1. The van der Waals surface area contributed by atoms with E-state index in [-0.39, 0.29) is 0 Å². The molecule has 6 nitrogen and oxygen atoms in total. The molecule has 0 radical (unpaired) electrons. The van der Waals surface area contributed by atoms with Crippen LogP contribution in [0.15, 0.2) is 47.6 Å². The van der Waals surface area contributed by atoms with E-state index in [9.17, 15) is 5.11 Å². The molecule has 0 saturated carbocycles. The molecule has 7 heteroatoms. The summed E-state index contributed by atoms with van der Waals surface area (Å²) in [5.74, 6) is 0.649. The number of guanidine groups is 1.